The molecule has 3 aromatic carbocycles. The second-order valence-electron chi connectivity index (χ2n) is 7.05. The van der Waals surface area contributed by atoms with E-state index in [-0.39, 0.29) is 18.3 Å². The van der Waals surface area contributed by atoms with Crippen molar-refractivity contribution >= 4 is 23.2 Å². The zero-order valence-corrected chi connectivity index (χ0v) is 17.5. The molecule has 7 heteroatoms. The molecule has 1 amide bonds. The Morgan fingerprint density at radius 2 is 1.81 bits per heavy atom. The average Bonchev–Trinajstić information content (AvgIpc) is 3.25. The number of carbonyl (C=O) groups excluding carboxylic acids is 1. The number of benzene rings is 3. The number of halogens is 1. The number of anilines is 1. The van der Waals surface area contributed by atoms with Gasteiger partial charge < -0.3 is 15.2 Å². The number of carbonyl (C=O) groups is 1. The summed E-state index contributed by atoms with van der Waals surface area (Å²) in [6.07, 6.45) is 1.65. The first-order valence-corrected chi connectivity index (χ1v) is 9.99. The normalized spacial score (nSPS) is 10.6. The Morgan fingerprint density at radius 3 is 2.55 bits per heavy atom. The number of hydrogen-bond acceptors (Lipinski definition) is 4. The van der Waals surface area contributed by atoms with Crippen LogP contribution in [0.15, 0.2) is 72.9 Å². The summed E-state index contributed by atoms with van der Waals surface area (Å²) in [5, 5.41) is 20.9. The second kappa shape index (κ2) is 8.93. The van der Waals surface area contributed by atoms with Gasteiger partial charge in [0, 0.05) is 27.4 Å². The second-order valence-corrected chi connectivity index (χ2v) is 7.48. The number of rotatable bonds is 6. The van der Waals surface area contributed by atoms with Crippen LogP contribution in [0.5, 0.6) is 11.5 Å². The summed E-state index contributed by atoms with van der Waals surface area (Å²) in [4.78, 5) is 12.2. The van der Waals surface area contributed by atoms with Gasteiger partial charge in [-0.05, 0) is 49.4 Å². The van der Waals surface area contributed by atoms with E-state index in [1.807, 2.05) is 31.2 Å². The molecular weight excluding hydrogens is 414 g/mol. The van der Waals surface area contributed by atoms with Crippen LogP contribution < -0.4 is 10.1 Å². The molecule has 0 aliphatic rings. The van der Waals surface area contributed by atoms with E-state index in [1.54, 1.807) is 42.6 Å². The number of aromatic amines is 1. The molecule has 0 atom stereocenters. The number of phenolic OH excluding ortho intramolecular Hbond substituents is 1. The Labute approximate surface area is 184 Å². The highest BCUT2D eigenvalue weighted by Gasteiger charge is 2.15. The minimum Gasteiger partial charge on any atom is -0.507 e. The van der Waals surface area contributed by atoms with Crippen LogP contribution in [0.1, 0.15) is 5.56 Å². The molecule has 0 aliphatic carbocycles. The van der Waals surface area contributed by atoms with E-state index in [4.69, 9.17) is 16.3 Å². The topological polar surface area (TPSA) is 87.2 Å². The summed E-state index contributed by atoms with van der Waals surface area (Å²) in [7, 11) is 0. The van der Waals surface area contributed by atoms with Crippen molar-refractivity contribution in [3.8, 4) is 33.9 Å². The number of nitrogens with one attached hydrogen (secondary N) is 2. The molecule has 4 rings (SSSR count). The lowest BCUT2D eigenvalue weighted by Crippen LogP contribution is -2.20. The van der Waals surface area contributed by atoms with Crippen molar-refractivity contribution in [2.45, 2.75) is 6.92 Å². The van der Waals surface area contributed by atoms with Gasteiger partial charge in [0.2, 0.25) is 0 Å². The third-order valence-corrected chi connectivity index (χ3v) is 4.99. The number of ether oxygens (including phenoxy) is 1. The van der Waals surface area contributed by atoms with Crippen molar-refractivity contribution in [2.24, 2.45) is 0 Å². The monoisotopic (exact) mass is 433 g/mol. The van der Waals surface area contributed by atoms with Gasteiger partial charge in [-0.25, -0.2) is 0 Å². The van der Waals surface area contributed by atoms with Gasteiger partial charge in [-0.1, -0.05) is 41.4 Å². The van der Waals surface area contributed by atoms with Crippen molar-refractivity contribution in [3.63, 3.8) is 0 Å². The molecule has 156 valence electrons. The Morgan fingerprint density at radius 1 is 1.06 bits per heavy atom. The van der Waals surface area contributed by atoms with E-state index in [9.17, 15) is 9.90 Å². The minimum atomic E-state index is -0.305. The third kappa shape index (κ3) is 4.87. The van der Waals surface area contributed by atoms with Crippen LogP contribution in [0.2, 0.25) is 5.02 Å². The molecular formula is C24H20ClN3O3. The molecule has 0 unspecified atom stereocenters. The number of aryl methyl sites for hydroxylation is 1. The molecule has 1 heterocycles. The molecule has 3 N–H and O–H groups in total. The van der Waals surface area contributed by atoms with E-state index in [0.717, 1.165) is 22.4 Å². The van der Waals surface area contributed by atoms with Crippen molar-refractivity contribution in [3.05, 3.63) is 83.5 Å². The molecule has 0 saturated carbocycles. The number of aromatic hydroxyl groups is 1. The molecule has 0 saturated heterocycles. The van der Waals surface area contributed by atoms with Crippen LogP contribution in [0.25, 0.3) is 22.4 Å². The number of amides is 1. The quantitative estimate of drug-likeness (QED) is 0.378. The highest BCUT2D eigenvalue weighted by atomic mass is 35.5. The van der Waals surface area contributed by atoms with Crippen LogP contribution in [0.3, 0.4) is 0 Å². The minimum absolute atomic E-state index is 0.0905. The van der Waals surface area contributed by atoms with Gasteiger partial charge in [0.1, 0.15) is 11.5 Å². The van der Waals surface area contributed by atoms with Crippen molar-refractivity contribution in [1.82, 2.24) is 10.2 Å². The van der Waals surface area contributed by atoms with E-state index >= 15 is 0 Å². The van der Waals surface area contributed by atoms with Crippen LogP contribution in [-0.4, -0.2) is 27.8 Å². The molecule has 4 aromatic rings. The van der Waals surface area contributed by atoms with Gasteiger partial charge in [0.15, 0.2) is 6.61 Å². The Bertz CT molecular complexity index is 1200. The van der Waals surface area contributed by atoms with Crippen molar-refractivity contribution in [2.75, 3.05) is 11.9 Å². The Hall–Kier alpha value is -3.77. The predicted molar refractivity (Wildman–Crippen MR) is 121 cm³/mol. The summed E-state index contributed by atoms with van der Waals surface area (Å²) in [5.41, 5.74) is 4.81. The first-order valence-electron chi connectivity index (χ1n) is 9.61. The van der Waals surface area contributed by atoms with Gasteiger partial charge in [0.25, 0.3) is 5.91 Å². The maximum absolute atomic E-state index is 12.2. The lowest BCUT2D eigenvalue weighted by atomic mass is 10.00. The first kappa shape index (κ1) is 20.5. The van der Waals surface area contributed by atoms with Crippen LogP contribution in [-0.2, 0) is 4.79 Å². The summed E-state index contributed by atoms with van der Waals surface area (Å²) in [5.74, 6) is 0.239. The molecule has 31 heavy (non-hydrogen) atoms. The number of aromatic nitrogens is 2. The smallest absolute Gasteiger partial charge is 0.262 e. The van der Waals surface area contributed by atoms with E-state index in [1.165, 1.54) is 6.07 Å². The fraction of sp³-hybridized carbons (Fsp3) is 0.0833. The zero-order valence-electron chi connectivity index (χ0n) is 16.7. The Kier molecular flexibility index (Phi) is 5.91. The molecule has 0 radical (unpaired) electrons. The fourth-order valence-corrected chi connectivity index (χ4v) is 3.26. The summed E-state index contributed by atoms with van der Waals surface area (Å²) in [6, 6.07) is 19.7. The largest absolute Gasteiger partial charge is 0.507 e. The summed E-state index contributed by atoms with van der Waals surface area (Å²) >= 11 is 5.85. The number of H-pyrrole nitrogens is 1. The standard InChI is InChI=1S/C24H20ClN3O3/c1-15-2-4-16(5-3-15)24-21(13-26-28-24)20-12-19(10-11-22(20)29)31-14-23(30)27-18-8-6-17(25)7-9-18/h2-13,29H,14H2,1H3,(H,26,28)(H,27,30). The molecule has 6 nitrogen and oxygen atoms in total. The lowest BCUT2D eigenvalue weighted by Gasteiger charge is -2.11. The average molecular weight is 434 g/mol. The maximum atomic E-state index is 12.2. The number of phenols is 1. The highest BCUT2D eigenvalue weighted by Crippen LogP contribution is 2.37. The van der Waals surface area contributed by atoms with Crippen LogP contribution in [0.4, 0.5) is 5.69 Å². The summed E-state index contributed by atoms with van der Waals surface area (Å²) in [6.45, 7) is 1.84. The van der Waals surface area contributed by atoms with E-state index in [0.29, 0.717) is 22.0 Å². The van der Waals surface area contributed by atoms with Crippen molar-refractivity contribution in [1.29, 1.82) is 0 Å². The van der Waals surface area contributed by atoms with Crippen molar-refractivity contribution < 1.29 is 14.6 Å². The number of hydrogen-bond donors (Lipinski definition) is 3. The predicted octanol–water partition coefficient (Wildman–Crippen LogP) is 5.43. The third-order valence-electron chi connectivity index (χ3n) is 4.74. The van der Waals surface area contributed by atoms with E-state index < -0.39 is 0 Å². The fourth-order valence-electron chi connectivity index (χ4n) is 3.13. The molecule has 0 aliphatic heterocycles. The number of nitrogens with zero attached hydrogens (tertiary/aromatic N) is 1. The highest BCUT2D eigenvalue weighted by molar-refractivity contribution is 6.30. The van der Waals surface area contributed by atoms with Gasteiger partial charge in [-0.15, -0.1) is 0 Å². The van der Waals surface area contributed by atoms with Gasteiger partial charge >= 0.3 is 0 Å². The molecule has 0 spiro atoms. The van der Waals surface area contributed by atoms with Gasteiger partial charge in [0.05, 0.1) is 11.9 Å². The van der Waals surface area contributed by atoms with Gasteiger partial charge in [-0.3, -0.25) is 9.89 Å². The summed E-state index contributed by atoms with van der Waals surface area (Å²) < 4.78 is 5.64. The zero-order chi connectivity index (χ0) is 21.8. The Balaban J connectivity index is 1.50. The lowest BCUT2D eigenvalue weighted by molar-refractivity contribution is -0.118. The van der Waals surface area contributed by atoms with E-state index in [2.05, 4.69) is 15.5 Å². The maximum Gasteiger partial charge on any atom is 0.262 e. The first-order chi connectivity index (χ1) is 15.0. The molecule has 0 bridgehead atoms. The SMILES string of the molecule is Cc1ccc(-c2[nH]ncc2-c2cc(OCC(=O)Nc3ccc(Cl)cc3)ccc2O)cc1. The van der Waals surface area contributed by atoms with Gasteiger partial charge in [-0.2, -0.15) is 5.10 Å². The van der Waals surface area contributed by atoms with Crippen LogP contribution >= 0.6 is 11.6 Å². The molecule has 1 aromatic heterocycles. The van der Waals surface area contributed by atoms with Crippen LogP contribution in [0, 0.1) is 6.92 Å². The molecule has 0 fully saturated rings.